The Morgan fingerprint density at radius 1 is 1.44 bits per heavy atom. The Morgan fingerprint density at radius 2 is 2.25 bits per heavy atom. The summed E-state index contributed by atoms with van der Waals surface area (Å²) in [6.07, 6.45) is 3.70. The SMILES string of the molecule is CCNCc1nnc(C2CCCC2(C)C)o1. The molecule has 1 aromatic rings. The van der Waals surface area contributed by atoms with Gasteiger partial charge in [0.2, 0.25) is 11.8 Å². The second-order valence-corrected chi connectivity index (χ2v) is 5.25. The van der Waals surface area contributed by atoms with Crippen molar-refractivity contribution in [3.05, 3.63) is 11.8 Å². The number of rotatable bonds is 4. The van der Waals surface area contributed by atoms with E-state index in [1.807, 2.05) is 0 Å². The average Bonchev–Trinajstić information content (AvgIpc) is 2.81. The highest BCUT2D eigenvalue weighted by Gasteiger charge is 2.38. The topological polar surface area (TPSA) is 51.0 Å². The lowest BCUT2D eigenvalue weighted by atomic mass is 9.82. The first-order chi connectivity index (χ1) is 7.63. The van der Waals surface area contributed by atoms with Crippen LogP contribution in [0.25, 0.3) is 0 Å². The molecule has 1 atom stereocenters. The average molecular weight is 223 g/mol. The standard InChI is InChI=1S/C12H21N3O/c1-4-13-8-10-14-15-11(16-10)9-6-5-7-12(9,2)3/h9,13H,4-8H2,1-3H3. The van der Waals surface area contributed by atoms with Crippen LogP contribution < -0.4 is 5.32 Å². The minimum Gasteiger partial charge on any atom is -0.424 e. The van der Waals surface area contributed by atoms with E-state index in [9.17, 15) is 0 Å². The molecule has 0 spiro atoms. The summed E-state index contributed by atoms with van der Waals surface area (Å²) in [5, 5.41) is 11.5. The van der Waals surface area contributed by atoms with Crippen LogP contribution >= 0.6 is 0 Å². The van der Waals surface area contributed by atoms with Gasteiger partial charge in [0.15, 0.2) is 0 Å². The number of aromatic nitrogens is 2. The highest BCUT2D eigenvalue weighted by atomic mass is 16.4. The first-order valence-corrected chi connectivity index (χ1v) is 6.16. The molecular formula is C12H21N3O. The third-order valence-electron chi connectivity index (χ3n) is 3.56. The van der Waals surface area contributed by atoms with Crippen LogP contribution in [0.15, 0.2) is 4.42 Å². The zero-order chi connectivity index (χ0) is 11.6. The summed E-state index contributed by atoms with van der Waals surface area (Å²) in [6.45, 7) is 8.25. The van der Waals surface area contributed by atoms with E-state index in [2.05, 4.69) is 36.3 Å². The van der Waals surface area contributed by atoms with Gasteiger partial charge in [-0.1, -0.05) is 27.2 Å². The van der Waals surface area contributed by atoms with E-state index in [1.54, 1.807) is 0 Å². The van der Waals surface area contributed by atoms with E-state index >= 15 is 0 Å². The largest absolute Gasteiger partial charge is 0.424 e. The van der Waals surface area contributed by atoms with Crippen LogP contribution in [0.4, 0.5) is 0 Å². The van der Waals surface area contributed by atoms with Gasteiger partial charge in [0.05, 0.1) is 6.54 Å². The summed E-state index contributed by atoms with van der Waals surface area (Å²) < 4.78 is 5.72. The third-order valence-corrected chi connectivity index (χ3v) is 3.56. The quantitative estimate of drug-likeness (QED) is 0.852. The smallest absolute Gasteiger partial charge is 0.230 e. The maximum atomic E-state index is 5.72. The Morgan fingerprint density at radius 3 is 2.88 bits per heavy atom. The van der Waals surface area contributed by atoms with Gasteiger partial charge in [-0.25, -0.2) is 0 Å². The molecule has 1 heterocycles. The molecule has 4 heteroatoms. The molecule has 1 saturated carbocycles. The highest BCUT2D eigenvalue weighted by molar-refractivity contribution is 5.02. The number of hydrogen-bond donors (Lipinski definition) is 1. The summed E-state index contributed by atoms with van der Waals surface area (Å²) in [7, 11) is 0. The molecule has 2 rings (SSSR count). The molecule has 1 fully saturated rings. The van der Waals surface area contributed by atoms with Gasteiger partial charge in [-0.15, -0.1) is 10.2 Å². The van der Waals surface area contributed by atoms with Crippen molar-refractivity contribution in [2.45, 2.75) is 52.5 Å². The highest BCUT2D eigenvalue weighted by Crippen LogP contribution is 2.48. The van der Waals surface area contributed by atoms with Crippen molar-refractivity contribution >= 4 is 0 Å². The van der Waals surface area contributed by atoms with E-state index in [4.69, 9.17) is 4.42 Å². The fourth-order valence-corrected chi connectivity index (χ4v) is 2.50. The van der Waals surface area contributed by atoms with Gasteiger partial charge in [0, 0.05) is 5.92 Å². The maximum Gasteiger partial charge on any atom is 0.230 e. The van der Waals surface area contributed by atoms with Gasteiger partial charge in [-0.05, 0) is 24.8 Å². The Labute approximate surface area is 96.8 Å². The molecule has 0 aliphatic heterocycles. The van der Waals surface area contributed by atoms with Crippen molar-refractivity contribution in [2.24, 2.45) is 5.41 Å². The molecule has 16 heavy (non-hydrogen) atoms. The first kappa shape index (κ1) is 11.6. The maximum absolute atomic E-state index is 5.72. The van der Waals surface area contributed by atoms with Crippen molar-refractivity contribution in [1.82, 2.24) is 15.5 Å². The summed E-state index contributed by atoms with van der Waals surface area (Å²) in [6, 6.07) is 0. The molecule has 0 radical (unpaired) electrons. The van der Waals surface area contributed by atoms with Gasteiger partial charge in [-0.3, -0.25) is 0 Å². The summed E-state index contributed by atoms with van der Waals surface area (Å²) >= 11 is 0. The fourth-order valence-electron chi connectivity index (χ4n) is 2.50. The second kappa shape index (κ2) is 4.53. The Bertz CT molecular complexity index is 346. The molecule has 1 aliphatic rings. The molecule has 4 nitrogen and oxygen atoms in total. The Hall–Kier alpha value is -0.900. The minimum absolute atomic E-state index is 0.308. The van der Waals surface area contributed by atoms with E-state index in [-0.39, 0.29) is 0 Å². The van der Waals surface area contributed by atoms with Crippen molar-refractivity contribution in [2.75, 3.05) is 6.54 Å². The van der Waals surface area contributed by atoms with Crippen molar-refractivity contribution < 1.29 is 4.42 Å². The lowest BCUT2D eigenvalue weighted by Gasteiger charge is -2.23. The number of nitrogens with one attached hydrogen (secondary N) is 1. The van der Waals surface area contributed by atoms with Gasteiger partial charge in [-0.2, -0.15) is 0 Å². The van der Waals surface area contributed by atoms with E-state index in [1.165, 1.54) is 19.3 Å². The monoisotopic (exact) mass is 223 g/mol. The molecule has 1 aliphatic carbocycles. The summed E-state index contributed by atoms with van der Waals surface area (Å²) in [5.74, 6) is 1.98. The normalized spacial score (nSPS) is 23.8. The van der Waals surface area contributed by atoms with Gasteiger partial charge >= 0.3 is 0 Å². The van der Waals surface area contributed by atoms with Gasteiger partial charge < -0.3 is 9.73 Å². The van der Waals surface area contributed by atoms with Gasteiger partial charge in [0.1, 0.15) is 0 Å². The first-order valence-electron chi connectivity index (χ1n) is 6.16. The zero-order valence-corrected chi connectivity index (χ0v) is 10.4. The summed E-state index contributed by atoms with van der Waals surface area (Å²) in [4.78, 5) is 0. The molecule has 0 amide bonds. The molecular weight excluding hydrogens is 202 g/mol. The third kappa shape index (κ3) is 2.26. The summed E-state index contributed by atoms with van der Waals surface area (Å²) in [5.41, 5.74) is 0.308. The van der Waals surface area contributed by atoms with Crippen LogP contribution in [-0.4, -0.2) is 16.7 Å². The van der Waals surface area contributed by atoms with Crippen LogP contribution in [0, 0.1) is 5.41 Å². The molecule has 90 valence electrons. The van der Waals surface area contributed by atoms with E-state index < -0.39 is 0 Å². The Kier molecular flexibility index (Phi) is 3.28. The lowest BCUT2D eigenvalue weighted by molar-refractivity contribution is 0.279. The second-order valence-electron chi connectivity index (χ2n) is 5.25. The fraction of sp³-hybridized carbons (Fsp3) is 0.833. The minimum atomic E-state index is 0.308. The predicted molar refractivity (Wildman–Crippen MR) is 62.1 cm³/mol. The van der Waals surface area contributed by atoms with E-state index in [0.717, 1.165) is 12.4 Å². The van der Waals surface area contributed by atoms with Crippen molar-refractivity contribution in [1.29, 1.82) is 0 Å². The van der Waals surface area contributed by atoms with Crippen molar-refractivity contribution in [3.8, 4) is 0 Å². The molecule has 1 N–H and O–H groups in total. The molecule has 1 aromatic heterocycles. The van der Waals surface area contributed by atoms with Crippen LogP contribution in [-0.2, 0) is 6.54 Å². The molecule has 1 unspecified atom stereocenters. The molecule has 0 bridgehead atoms. The lowest BCUT2D eigenvalue weighted by Crippen LogP contribution is -2.15. The predicted octanol–water partition coefficient (Wildman–Crippen LogP) is 2.47. The molecule has 0 aromatic carbocycles. The van der Waals surface area contributed by atoms with Crippen LogP contribution in [0.2, 0.25) is 0 Å². The van der Waals surface area contributed by atoms with Crippen molar-refractivity contribution in [3.63, 3.8) is 0 Å². The zero-order valence-electron chi connectivity index (χ0n) is 10.4. The molecule has 0 saturated heterocycles. The number of hydrogen-bond acceptors (Lipinski definition) is 4. The Balaban J connectivity index is 2.06. The van der Waals surface area contributed by atoms with Crippen LogP contribution in [0.5, 0.6) is 0 Å². The van der Waals surface area contributed by atoms with Gasteiger partial charge in [0.25, 0.3) is 0 Å². The van der Waals surface area contributed by atoms with Crippen LogP contribution in [0.3, 0.4) is 0 Å². The van der Waals surface area contributed by atoms with E-state index in [0.29, 0.717) is 23.8 Å². The van der Waals surface area contributed by atoms with Crippen LogP contribution in [0.1, 0.15) is 57.7 Å². The number of nitrogens with zero attached hydrogens (tertiary/aromatic N) is 2.